The first-order valence-electron chi connectivity index (χ1n) is 12.3. The van der Waals surface area contributed by atoms with Crippen molar-refractivity contribution in [2.24, 2.45) is 0 Å². The van der Waals surface area contributed by atoms with Crippen LogP contribution in [0, 0.1) is 0 Å². The van der Waals surface area contributed by atoms with Gasteiger partial charge in [0.1, 0.15) is 0 Å². The van der Waals surface area contributed by atoms with Crippen molar-refractivity contribution < 1.29 is 31.2 Å². The number of halogens is 3. The molecule has 0 spiro atoms. The van der Waals surface area contributed by atoms with E-state index in [-0.39, 0.29) is 29.0 Å². The third-order valence-corrected chi connectivity index (χ3v) is 8.17. The molecule has 1 aromatic carbocycles. The molecule has 2 aromatic rings. The molecule has 1 saturated carbocycles. The van der Waals surface area contributed by atoms with Gasteiger partial charge in [0.05, 0.1) is 34.4 Å². The Balaban J connectivity index is 1.18. The number of hydrogen-bond acceptors (Lipinski definition) is 7. The number of nitrogens with zero attached hydrogens (tertiary/aromatic N) is 2. The molecule has 0 atom stereocenters. The van der Waals surface area contributed by atoms with Crippen LogP contribution in [0.2, 0.25) is 0 Å². The highest BCUT2D eigenvalue weighted by atomic mass is 32.2. The van der Waals surface area contributed by atoms with Crippen molar-refractivity contribution in [1.82, 2.24) is 20.5 Å². The number of anilines is 1. The van der Waals surface area contributed by atoms with E-state index < -0.39 is 33.4 Å². The number of carbonyl (C=O) groups excluding carboxylic acids is 2. The number of nitrogens with two attached hydrogens (primary N) is 1. The molecule has 2 amide bonds. The Morgan fingerprint density at radius 3 is 2.42 bits per heavy atom. The summed E-state index contributed by atoms with van der Waals surface area (Å²) in [6.45, 7) is 1.02. The van der Waals surface area contributed by atoms with Crippen LogP contribution in [-0.4, -0.2) is 68.1 Å². The molecule has 1 aliphatic heterocycles. The van der Waals surface area contributed by atoms with E-state index in [0.717, 1.165) is 55.8 Å². The lowest BCUT2D eigenvalue weighted by Crippen LogP contribution is -2.63. The average Bonchev–Trinajstić information content (AvgIpc) is 2.83. The minimum atomic E-state index is -4.56. The lowest BCUT2D eigenvalue weighted by atomic mass is 9.81. The molecule has 1 saturated heterocycles. The fraction of sp³-hybridized carbons (Fsp3) is 0.480. The topological polar surface area (TPSA) is 134 Å². The Morgan fingerprint density at radius 1 is 1.13 bits per heavy atom. The molecule has 9 nitrogen and oxygen atoms in total. The predicted molar refractivity (Wildman–Crippen MR) is 134 cm³/mol. The molecule has 206 valence electrons. The van der Waals surface area contributed by atoms with Gasteiger partial charge < -0.3 is 16.4 Å². The monoisotopic (exact) mass is 553 g/mol. The van der Waals surface area contributed by atoms with E-state index in [1.165, 1.54) is 18.3 Å². The van der Waals surface area contributed by atoms with Gasteiger partial charge >= 0.3 is 6.18 Å². The zero-order chi connectivity index (χ0) is 27.7. The van der Waals surface area contributed by atoms with E-state index in [0.29, 0.717) is 24.8 Å². The van der Waals surface area contributed by atoms with Gasteiger partial charge in [-0.25, -0.2) is 8.42 Å². The van der Waals surface area contributed by atoms with Gasteiger partial charge in [-0.3, -0.25) is 19.5 Å². The maximum Gasteiger partial charge on any atom is 0.416 e. The SMILES string of the molecule is CS(=O)(=O)c1cnc(C2CCC(N3CC(NC(=O)CNC(=O)c4cccc(C(F)(F)F)c4)C3)CC2)c(N)c1. The zero-order valence-corrected chi connectivity index (χ0v) is 21.6. The number of nitrogen functional groups attached to an aromatic ring is 1. The fourth-order valence-electron chi connectivity index (χ4n) is 5.01. The highest BCUT2D eigenvalue weighted by Crippen LogP contribution is 2.37. The van der Waals surface area contributed by atoms with E-state index in [4.69, 9.17) is 5.73 Å². The normalized spacial score (nSPS) is 20.9. The number of pyridine rings is 1. The van der Waals surface area contributed by atoms with E-state index >= 15 is 0 Å². The van der Waals surface area contributed by atoms with E-state index in [9.17, 15) is 31.2 Å². The summed E-state index contributed by atoms with van der Waals surface area (Å²) in [5.74, 6) is -0.992. The van der Waals surface area contributed by atoms with Gasteiger partial charge in [-0.15, -0.1) is 0 Å². The van der Waals surface area contributed by atoms with E-state index in [2.05, 4.69) is 20.5 Å². The molecule has 0 bridgehead atoms. The summed E-state index contributed by atoms with van der Waals surface area (Å²) in [5.41, 5.74) is 6.13. The minimum Gasteiger partial charge on any atom is -0.397 e. The van der Waals surface area contributed by atoms with E-state index in [1.54, 1.807) is 0 Å². The fourth-order valence-corrected chi connectivity index (χ4v) is 5.60. The number of carbonyl (C=O) groups is 2. The second-order valence-electron chi connectivity index (χ2n) is 9.90. The van der Waals surface area contributed by atoms with Crippen molar-refractivity contribution in [1.29, 1.82) is 0 Å². The van der Waals surface area contributed by atoms with Crippen molar-refractivity contribution in [2.45, 2.75) is 54.8 Å². The molecule has 2 fully saturated rings. The second-order valence-corrected chi connectivity index (χ2v) is 11.9. The number of alkyl halides is 3. The van der Waals surface area contributed by atoms with Gasteiger partial charge in [0.15, 0.2) is 9.84 Å². The van der Waals surface area contributed by atoms with Crippen molar-refractivity contribution in [2.75, 3.05) is 31.6 Å². The van der Waals surface area contributed by atoms with Crippen molar-refractivity contribution >= 4 is 27.3 Å². The number of hydrogen-bond donors (Lipinski definition) is 3. The van der Waals surface area contributed by atoms with Crippen LogP contribution in [0.1, 0.15) is 53.2 Å². The van der Waals surface area contributed by atoms with E-state index in [1.807, 2.05) is 0 Å². The smallest absolute Gasteiger partial charge is 0.397 e. The largest absolute Gasteiger partial charge is 0.416 e. The van der Waals surface area contributed by atoms with Gasteiger partial charge in [0.25, 0.3) is 5.91 Å². The van der Waals surface area contributed by atoms with Crippen LogP contribution >= 0.6 is 0 Å². The summed E-state index contributed by atoms with van der Waals surface area (Å²) in [6, 6.07) is 5.80. The van der Waals surface area contributed by atoms with Crippen LogP contribution in [0.15, 0.2) is 41.4 Å². The molecule has 1 aromatic heterocycles. The van der Waals surface area contributed by atoms with Gasteiger partial charge in [-0.2, -0.15) is 13.2 Å². The summed E-state index contributed by atoms with van der Waals surface area (Å²) in [5, 5.41) is 5.20. The Kier molecular flexibility index (Phi) is 7.98. The number of rotatable bonds is 7. The number of benzene rings is 1. The number of sulfone groups is 1. The summed E-state index contributed by atoms with van der Waals surface area (Å²) in [7, 11) is -3.37. The van der Waals surface area contributed by atoms with Gasteiger partial charge in [-0.1, -0.05) is 6.07 Å². The Morgan fingerprint density at radius 2 is 1.82 bits per heavy atom. The zero-order valence-electron chi connectivity index (χ0n) is 20.8. The number of likely N-dealkylation sites (tertiary alicyclic amines) is 1. The number of amides is 2. The highest BCUT2D eigenvalue weighted by molar-refractivity contribution is 7.90. The molecule has 13 heteroatoms. The molecule has 4 rings (SSSR count). The Hall–Kier alpha value is -3.19. The predicted octanol–water partition coefficient (Wildman–Crippen LogP) is 2.34. The van der Waals surface area contributed by atoms with Gasteiger partial charge in [0, 0.05) is 43.1 Å². The van der Waals surface area contributed by atoms with Crippen molar-refractivity contribution in [3.8, 4) is 0 Å². The standard InChI is InChI=1S/C25H30F3N5O4S/c1-38(36,37)20-10-21(29)23(30-11-20)15-5-7-19(8-6-15)33-13-18(14-33)32-22(34)12-31-24(35)16-3-2-4-17(9-16)25(26,27)28/h2-4,9-11,15,18-19H,5-8,12-14,29H2,1H3,(H,31,35)(H,32,34). The first kappa shape index (κ1) is 27.8. The third kappa shape index (κ3) is 6.62. The number of aromatic nitrogens is 1. The molecule has 4 N–H and O–H groups in total. The van der Waals surface area contributed by atoms with Crippen LogP contribution < -0.4 is 16.4 Å². The molecular weight excluding hydrogens is 523 g/mol. The van der Waals surface area contributed by atoms with Crippen LogP contribution in [0.25, 0.3) is 0 Å². The third-order valence-electron chi connectivity index (χ3n) is 7.09. The quantitative estimate of drug-likeness (QED) is 0.479. The molecular formula is C25H30F3N5O4S. The molecule has 1 aliphatic carbocycles. The maximum atomic E-state index is 12.8. The summed E-state index contributed by atoms with van der Waals surface area (Å²) in [4.78, 5) is 31.1. The molecule has 0 radical (unpaired) electrons. The first-order valence-corrected chi connectivity index (χ1v) is 14.1. The lowest BCUT2D eigenvalue weighted by molar-refractivity contribution is -0.137. The van der Waals surface area contributed by atoms with Crippen molar-refractivity contribution in [3.05, 3.63) is 53.3 Å². The Labute approximate surface area is 218 Å². The maximum absolute atomic E-state index is 12.8. The summed E-state index contributed by atoms with van der Waals surface area (Å²) < 4.78 is 61.9. The summed E-state index contributed by atoms with van der Waals surface area (Å²) in [6.07, 6.45) is 1.51. The van der Waals surface area contributed by atoms with Crippen LogP contribution in [-0.2, 0) is 20.8 Å². The lowest BCUT2D eigenvalue weighted by Gasteiger charge is -2.46. The molecule has 2 heterocycles. The highest BCUT2D eigenvalue weighted by Gasteiger charge is 2.36. The number of nitrogens with one attached hydrogen (secondary N) is 2. The molecule has 38 heavy (non-hydrogen) atoms. The average molecular weight is 554 g/mol. The van der Waals surface area contributed by atoms with Crippen LogP contribution in [0.5, 0.6) is 0 Å². The van der Waals surface area contributed by atoms with Crippen molar-refractivity contribution in [3.63, 3.8) is 0 Å². The second kappa shape index (κ2) is 10.9. The van der Waals surface area contributed by atoms with Gasteiger partial charge in [0.2, 0.25) is 5.91 Å². The molecule has 0 unspecified atom stereocenters. The molecule has 2 aliphatic rings. The Bertz CT molecular complexity index is 1300. The van der Waals surface area contributed by atoms with Crippen LogP contribution in [0.4, 0.5) is 18.9 Å². The van der Waals surface area contributed by atoms with Gasteiger partial charge in [-0.05, 0) is 49.9 Å². The minimum absolute atomic E-state index is 0.0634. The summed E-state index contributed by atoms with van der Waals surface area (Å²) >= 11 is 0. The first-order chi connectivity index (χ1) is 17.8. The van der Waals surface area contributed by atoms with Crippen LogP contribution in [0.3, 0.4) is 0 Å².